The number of nitrogens with two attached hydrogens (primary N) is 2. The SMILES string of the molecule is CCCCCCNCCC[C@@H](C)[C@H]1CCC[C@H]2[C@@H]3CC[C@@H]4C[C@H](OC)CC[C@]4(C)[C@@]3(N)C[C@H](OCCCN)[C@]12C. The van der Waals surface area contributed by atoms with E-state index in [1.54, 1.807) is 0 Å². The number of methoxy groups -OCH3 is 1. The molecule has 4 aliphatic rings. The van der Waals surface area contributed by atoms with Gasteiger partial charge in [-0.05, 0) is 132 Å². The van der Waals surface area contributed by atoms with Crippen LogP contribution in [0.5, 0.6) is 0 Å². The third-order valence-electron chi connectivity index (χ3n) is 13.2. The van der Waals surface area contributed by atoms with Crippen LogP contribution in [0.15, 0.2) is 0 Å². The highest BCUT2D eigenvalue weighted by Crippen LogP contribution is 2.68. The van der Waals surface area contributed by atoms with E-state index < -0.39 is 0 Å². The van der Waals surface area contributed by atoms with Crippen LogP contribution in [0.1, 0.15) is 130 Å². The number of hydrogen-bond donors (Lipinski definition) is 3. The average molecular weight is 562 g/mol. The van der Waals surface area contributed by atoms with Gasteiger partial charge in [0.25, 0.3) is 0 Å². The third kappa shape index (κ3) is 6.35. The molecule has 4 rings (SSSR count). The second kappa shape index (κ2) is 14.5. The zero-order chi connectivity index (χ0) is 28.8. The number of unbranched alkanes of at least 4 members (excludes halogenated alkanes) is 3. The number of nitrogens with one attached hydrogen (secondary N) is 1. The molecule has 0 amide bonds. The topological polar surface area (TPSA) is 82.5 Å². The van der Waals surface area contributed by atoms with Crippen molar-refractivity contribution < 1.29 is 9.47 Å². The van der Waals surface area contributed by atoms with Crippen LogP contribution in [0.25, 0.3) is 0 Å². The molecule has 4 saturated carbocycles. The molecule has 0 bridgehead atoms. The monoisotopic (exact) mass is 562 g/mol. The lowest BCUT2D eigenvalue weighted by Crippen LogP contribution is -2.74. The van der Waals surface area contributed by atoms with Gasteiger partial charge in [-0.15, -0.1) is 0 Å². The first-order valence-electron chi connectivity index (χ1n) is 17.6. The van der Waals surface area contributed by atoms with Gasteiger partial charge < -0.3 is 26.3 Å². The van der Waals surface area contributed by atoms with Gasteiger partial charge in [0.1, 0.15) is 0 Å². The smallest absolute Gasteiger partial charge is 0.0651 e. The number of ether oxygens (including phenoxy) is 2. The van der Waals surface area contributed by atoms with Crippen LogP contribution in [0.4, 0.5) is 0 Å². The van der Waals surface area contributed by atoms with Crippen LogP contribution in [0, 0.1) is 40.4 Å². The first-order valence-corrected chi connectivity index (χ1v) is 17.6. The summed E-state index contributed by atoms with van der Waals surface area (Å²) in [7, 11) is 1.90. The van der Waals surface area contributed by atoms with E-state index in [-0.39, 0.29) is 22.5 Å². The van der Waals surface area contributed by atoms with Crippen LogP contribution in [-0.2, 0) is 9.47 Å². The molecule has 0 aliphatic heterocycles. The average Bonchev–Trinajstić information content (AvgIpc) is 2.94. The summed E-state index contributed by atoms with van der Waals surface area (Å²) in [4.78, 5) is 0. The Morgan fingerprint density at radius 2 is 1.75 bits per heavy atom. The Hall–Kier alpha value is -0.200. The standard InChI is InChI=1S/C35H67N3O2/c1-6-7-8-9-21-38-22-11-13-26(2)29-14-10-15-30-31-17-16-27-24-28(39-5)18-19-33(27,3)35(31,37)25-32(34(29,30)4)40-23-12-20-36/h26-32,38H,6-25,36-37H2,1-5H3/t26-,27-,28-,29-,30+,31+,32+,33+,34-,35-/m1/s1. The maximum Gasteiger partial charge on any atom is 0.0651 e. The van der Waals surface area contributed by atoms with Gasteiger partial charge in [-0.2, -0.15) is 0 Å². The fraction of sp³-hybridized carbons (Fsp3) is 1.00. The largest absolute Gasteiger partial charge is 0.381 e. The van der Waals surface area contributed by atoms with E-state index in [9.17, 15) is 0 Å². The number of rotatable bonds is 15. The van der Waals surface area contributed by atoms with Crippen molar-refractivity contribution in [3.63, 3.8) is 0 Å². The molecule has 0 unspecified atom stereocenters. The van der Waals surface area contributed by atoms with Crippen LogP contribution in [0.2, 0.25) is 0 Å². The minimum absolute atomic E-state index is 0.140. The van der Waals surface area contributed by atoms with E-state index in [4.69, 9.17) is 20.9 Å². The Kier molecular flexibility index (Phi) is 11.9. The van der Waals surface area contributed by atoms with Gasteiger partial charge in [-0.1, -0.05) is 53.4 Å². The van der Waals surface area contributed by atoms with Crippen molar-refractivity contribution in [3.05, 3.63) is 0 Å². The van der Waals surface area contributed by atoms with Gasteiger partial charge in [-0.25, -0.2) is 0 Å². The van der Waals surface area contributed by atoms with Gasteiger partial charge in [0.2, 0.25) is 0 Å². The lowest BCUT2D eigenvalue weighted by atomic mass is 9.37. The summed E-state index contributed by atoms with van der Waals surface area (Å²) in [5.74, 6) is 3.41. The molecule has 4 aliphatic carbocycles. The molecule has 5 heteroatoms. The van der Waals surface area contributed by atoms with Crippen LogP contribution < -0.4 is 16.8 Å². The zero-order valence-corrected chi connectivity index (χ0v) is 27.2. The molecule has 0 radical (unpaired) electrons. The number of fused-ring (bicyclic) bond motifs is 5. The molecule has 0 spiro atoms. The predicted molar refractivity (Wildman–Crippen MR) is 168 cm³/mol. The summed E-state index contributed by atoms with van der Waals surface area (Å²) in [6.45, 7) is 13.9. The third-order valence-corrected chi connectivity index (χ3v) is 13.2. The van der Waals surface area contributed by atoms with E-state index >= 15 is 0 Å². The molecule has 10 atom stereocenters. The summed E-state index contributed by atoms with van der Waals surface area (Å²) in [5, 5.41) is 3.73. The molecule has 5 N–H and O–H groups in total. The Balaban J connectivity index is 1.50. The van der Waals surface area contributed by atoms with Crippen LogP contribution in [-0.4, -0.2) is 51.1 Å². The molecule has 5 nitrogen and oxygen atoms in total. The lowest BCUT2D eigenvalue weighted by molar-refractivity contribution is -0.228. The van der Waals surface area contributed by atoms with E-state index in [0.29, 0.717) is 30.4 Å². The van der Waals surface area contributed by atoms with Gasteiger partial charge in [0.05, 0.1) is 12.2 Å². The van der Waals surface area contributed by atoms with Crippen molar-refractivity contribution in [2.24, 2.45) is 51.9 Å². The molecule has 0 aromatic heterocycles. The molecule has 40 heavy (non-hydrogen) atoms. The molecule has 0 saturated heterocycles. The second-order valence-corrected chi connectivity index (χ2v) is 15.1. The Bertz CT molecular complexity index is 765. The zero-order valence-electron chi connectivity index (χ0n) is 27.2. The highest BCUT2D eigenvalue weighted by Gasteiger charge is 2.68. The Morgan fingerprint density at radius 1 is 0.950 bits per heavy atom. The van der Waals surface area contributed by atoms with Gasteiger partial charge in [0.15, 0.2) is 0 Å². The lowest BCUT2D eigenvalue weighted by Gasteiger charge is -2.70. The molecular formula is C35H67N3O2. The summed E-state index contributed by atoms with van der Waals surface area (Å²) >= 11 is 0. The van der Waals surface area contributed by atoms with Crippen molar-refractivity contribution in [2.75, 3.05) is 33.4 Å². The molecule has 234 valence electrons. The molecule has 4 fully saturated rings. The van der Waals surface area contributed by atoms with E-state index in [1.165, 1.54) is 90.0 Å². The quantitative estimate of drug-likeness (QED) is 0.186. The normalized spacial score (nSPS) is 42.1. The second-order valence-electron chi connectivity index (χ2n) is 15.1. The summed E-state index contributed by atoms with van der Waals surface area (Å²) in [6, 6.07) is 0. The Labute approximate surface area is 248 Å². The van der Waals surface area contributed by atoms with Gasteiger partial charge >= 0.3 is 0 Å². The summed E-state index contributed by atoms with van der Waals surface area (Å²) in [6.07, 6.45) is 20.8. The molecule has 0 aromatic rings. The van der Waals surface area contributed by atoms with E-state index in [1.807, 2.05) is 7.11 Å². The summed E-state index contributed by atoms with van der Waals surface area (Å²) < 4.78 is 12.8. The maximum atomic E-state index is 7.83. The fourth-order valence-electron chi connectivity index (χ4n) is 10.7. The van der Waals surface area contributed by atoms with Crippen molar-refractivity contribution in [3.8, 4) is 0 Å². The minimum atomic E-state index is -0.140. The van der Waals surface area contributed by atoms with Crippen molar-refractivity contribution in [1.29, 1.82) is 0 Å². The minimum Gasteiger partial charge on any atom is -0.381 e. The Morgan fingerprint density at radius 3 is 2.50 bits per heavy atom. The van der Waals surface area contributed by atoms with Crippen molar-refractivity contribution in [2.45, 2.75) is 148 Å². The molecular weight excluding hydrogens is 494 g/mol. The van der Waals surface area contributed by atoms with Crippen LogP contribution in [0.3, 0.4) is 0 Å². The summed E-state index contributed by atoms with van der Waals surface area (Å²) in [5.41, 5.74) is 14.0. The number of hydrogen-bond acceptors (Lipinski definition) is 5. The van der Waals surface area contributed by atoms with E-state index in [2.05, 4.69) is 33.0 Å². The highest BCUT2D eigenvalue weighted by atomic mass is 16.5. The van der Waals surface area contributed by atoms with E-state index in [0.717, 1.165) is 44.2 Å². The highest BCUT2D eigenvalue weighted by molar-refractivity contribution is 5.20. The fourth-order valence-corrected chi connectivity index (χ4v) is 10.7. The van der Waals surface area contributed by atoms with Gasteiger partial charge in [-0.3, -0.25) is 0 Å². The maximum absolute atomic E-state index is 7.83. The van der Waals surface area contributed by atoms with Crippen molar-refractivity contribution in [1.82, 2.24) is 5.32 Å². The van der Waals surface area contributed by atoms with Gasteiger partial charge in [0, 0.05) is 24.7 Å². The first-order chi connectivity index (χ1) is 19.3. The first kappa shape index (κ1) is 32.7. The van der Waals surface area contributed by atoms with Crippen LogP contribution >= 0.6 is 0 Å². The molecule has 0 heterocycles. The van der Waals surface area contributed by atoms with Crippen molar-refractivity contribution >= 4 is 0 Å². The predicted octanol–water partition coefficient (Wildman–Crippen LogP) is 7.06. The molecule has 0 aromatic carbocycles.